The van der Waals surface area contributed by atoms with E-state index in [1.54, 1.807) is 12.1 Å². The molecule has 4 aromatic rings. The zero-order valence-corrected chi connectivity index (χ0v) is 17.8. The number of aromatic nitrogens is 1. The molecule has 0 aliphatic rings. The Kier molecular flexibility index (Phi) is 5.87. The van der Waals surface area contributed by atoms with Crippen molar-refractivity contribution >= 4 is 21.8 Å². The highest BCUT2D eigenvalue weighted by atomic mass is 79.9. The molecule has 0 spiro atoms. The van der Waals surface area contributed by atoms with E-state index in [4.69, 9.17) is 13.6 Å². The van der Waals surface area contributed by atoms with Crippen LogP contribution in [0.15, 0.2) is 74.0 Å². The smallest absolute Gasteiger partial charge is 0.266 e. The van der Waals surface area contributed by atoms with Crippen molar-refractivity contribution in [1.82, 2.24) is 4.98 Å². The van der Waals surface area contributed by atoms with Gasteiger partial charge in [0.25, 0.3) is 5.89 Å². The summed E-state index contributed by atoms with van der Waals surface area (Å²) < 4.78 is 18.2. The average Bonchev–Trinajstić information content (AvgIpc) is 3.40. The van der Waals surface area contributed by atoms with Gasteiger partial charge in [-0.1, -0.05) is 45.8 Å². The van der Waals surface area contributed by atoms with Gasteiger partial charge in [-0.2, -0.15) is 10.2 Å². The van der Waals surface area contributed by atoms with Crippen LogP contribution in [-0.4, -0.2) is 4.98 Å². The summed E-state index contributed by atoms with van der Waals surface area (Å²) in [5.74, 6) is 2.36. The van der Waals surface area contributed by atoms with Crippen molar-refractivity contribution in [3.05, 3.63) is 87.7 Å². The van der Waals surface area contributed by atoms with Crippen molar-refractivity contribution in [2.45, 2.75) is 20.1 Å². The number of furan rings is 1. The number of anilines is 1. The first-order valence-electron chi connectivity index (χ1n) is 9.28. The molecule has 7 heteroatoms. The van der Waals surface area contributed by atoms with Crippen molar-refractivity contribution < 1.29 is 13.6 Å². The molecular weight excluding hydrogens is 446 g/mol. The third kappa shape index (κ3) is 4.73. The number of rotatable bonds is 7. The van der Waals surface area contributed by atoms with Gasteiger partial charge in [0.05, 0.1) is 0 Å². The molecule has 0 aliphatic carbocycles. The lowest BCUT2D eigenvalue weighted by molar-refractivity contribution is 0.271. The molecule has 0 unspecified atom stereocenters. The highest BCUT2D eigenvalue weighted by Crippen LogP contribution is 2.28. The first kappa shape index (κ1) is 19.8. The van der Waals surface area contributed by atoms with Crippen LogP contribution in [0.25, 0.3) is 11.7 Å². The summed E-state index contributed by atoms with van der Waals surface area (Å²) in [5.41, 5.74) is 2.45. The number of oxazole rings is 1. The second-order valence-electron chi connectivity index (χ2n) is 6.66. The Labute approximate surface area is 182 Å². The van der Waals surface area contributed by atoms with E-state index in [0.29, 0.717) is 23.9 Å². The maximum absolute atomic E-state index is 9.38. The zero-order chi connectivity index (χ0) is 20.9. The van der Waals surface area contributed by atoms with Crippen molar-refractivity contribution in [2.75, 3.05) is 5.32 Å². The number of nitrogens with one attached hydrogen (secondary N) is 1. The number of halogens is 1. The lowest BCUT2D eigenvalue weighted by Crippen LogP contribution is -1.99. The lowest BCUT2D eigenvalue weighted by Gasteiger charge is -2.04. The summed E-state index contributed by atoms with van der Waals surface area (Å²) >= 11 is 3.39. The number of nitriles is 1. The van der Waals surface area contributed by atoms with Crippen LogP contribution < -0.4 is 10.1 Å². The molecule has 2 aromatic heterocycles. The van der Waals surface area contributed by atoms with Crippen LogP contribution in [0.5, 0.6) is 5.75 Å². The molecule has 2 aromatic carbocycles. The fourth-order valence-electron chi connectivity index (χ4n) is 2.77. The van der Waals surface area contributed by atoms with E-state index in [1.165, 1.54) is 5.56 Å². The average molecular weight is 464 g/mol. The molecule has 2 heterocycles. The molecule has 0 radical (unpaired) electrons. The number of hydrogen-bond acceptors (Lipinski definition) is 6. The van der Waals surface area contributed by atoms with E-state index in [9.17, 15) is 5.26 Å². The molecule has 6 nitrogen and oxygen atoms in total. The Bertz CT molecular complexity index is 1170. The van der Waals surface area contributed by atoms with E-state index in [1.807, 2.05) is 55.5 Å². The van der Waals surface area contributed by atoms with Gasteiger partial charge in [-0.25, -0.2) is 0 Å². The van der Waals surface area contributed by atoms with Crippen molar-refractivity contribution in [1.29, 1.82) is 5.26 Å². The summed E-state index contributed by atoms with van der Waals surface area (Å²) in [5, 5.41) is 12.5. The van der Waals surface area contributed by atoms with E-state index in [0.717, 1.165) is 15.8 Å². The molecule has 150 valence electrons. The highest BCUT2D eigenvalue weighted by Gasteiger charge is 2.17. The Morgan fingerprint density at radius 3 is 2.53 bits per heavy atom. The SMILES string of the molecule is Cc1ccc(CNc2oc(-c3ccc(COc4ccc(Br)cc4)o3)nc2C#N)cc1. The fourth-order valence-corrected chi connectivity index (χ4v) is 3.03. The second-order valence-corrected chi connectivity index (χ2v) is 7.57. The molecule has 4 rings (SSSR count). The topological polar surface area (TPSA) is 84.2 Å². The molecular formula is C23H18BrN3O3. The van der Waals surface area contributed by atoms with Crippen LogP contribution in [0.3, 0.4) is 0 Å². The number of hydrogen-bond donors (Lipinski definition) is 1. The third-order valence-electron chi connectivity index (χ3n) is 4.37. The maximum Gasteiger partial charge on any atom is 0.266 e. The third-order valence-corrected chi connectivity index (χ3v) is 4.90. The largest absolute Gasteiger partial charge is 0.486 e. The first-order chi connectivity index (χ1) is 14.6. The van der Waals surface area contributed by atoms with Crippen LogP contribution >= 0.6 is 15.9 Å². The summed E-state index contributed by atoms with van der Waals surface area (Å²) in [4.78, 5) is 4.24. The maximum atomic E-state index is 9.38. The molecule has 0 fully saturated rings. The van der Waals surface area contributed by atoms with Gasteiger partial charge in [-0.3, -0.25) is 0 Å². The second kappa shape index (κ2) is 8.89. The Morgan fingerprint density at radius 1 is 1.03 bits per heavy atom. The molecule has 0 bridgehead atoms. The molecule has 0 aliphatic heterocycles. The number of nitrogens with zero attached hydrogens (tertiary/aromatic N) is 2. The van der Waals surface area contributed by atoms with Crippen molar-refractivity contribution in [3.8, 4) is 23.5 Å². The van der Waals surface area contributed by atoms with Gasteiger partial charge in [0.1, 0.15) is 24.2 Å². The zero-order valence-electron chi connectivity index (χ0n) is 16.2. The molecule has 0 saturated heterocycles. The lowest BCUT2D eigenvalue weighted by atomic mass is 10.1. The Morgan fingerprint density at radius 2 is 1.80 bits per heavy atom. The van der Waals surface area contributed by atoms with Crippen molar-refractivity contribution in [3.63, 3.8) is 0 Å². The van der Waals surface area contributed by atoms with Crippen LogP contribution in [0.4, 0.5) is 5.88 Å². The molecule has 0 amide bonds. The van der Waals surface area contributed by atoms with Crippen molar-refractivity contribution in [2.24, 2.45) is 0 Å². The normalized spacial score (nSPS) is 10.6. The van der Waals surface area contributed by atoms with E-state index in [-0.39, 0.29) is 18.2 Å². The number of ether oxygens (including phenoxy) is 1. The predicted molar refractivity (Wildman–Crippen MR) is 116 cm³/mol. The number of aryl methyl sites for hydroxylation is 1. The summed E-state index contributed by atoms with van der Waals surface area (Å²) in [6.45, 7) is 2.83. The van der Waals surface area contributed by atoms with Gasteiger partial charge in [0, 0.05) is 11.0 Å². The minimum Gasteiger partial charge on any atom is -0.486 e. The molecule has 0 atom stereocenters. The Balaban J connectivity index is 1.43. The van der Waals surface area contributed by atoms with Gasteiger partial charge in [0.15, 0.2) is 5.76 Å². The van der Waals surface area contributed by atoms with E-state index in [2.05, 4.69) is 32.3 Å². The van der Waals surface area contributed by atoms with E-state index < -0.39 is 0 Å². The van der Waals surface area contributed by atoms with Crippen LogP contribution in [0, 0.1) is 18.3 Å². The Hall–Kier alpha value is -3.50. The quantitative estimate of drug-likeness (QED) is 0.358. The summed E-state index contributed by atoms with van der Waals surface area (Å²) in [7, 11) is 0. The van der Waals surface area contributed by atoms with E-state index >= 15 is 0 Å². The minimum atomic E-state index is 0.182. The van der Waals surface area contributed by atoms with Crippen LogP contribution in [-0.2, 0) is 13.2 Å². The van der Waals surface area contributed by atoms with Crippen LogP contribution in [0.1, 0.15) is 22.6 Å². The van der Waals surface area contributed by atoms with Gasteiger partial charge in [-0.05, 0) is 48.9 Å². The molecule has 30 heavy (non-hydrogen) atoms. The first-order valence-corrected chi connectivity index (χ1v) is 10.1. The van der Waals surface area contributed by atoms with Gasteiger partial charge >= 0.3 is 0 Å². The predicted octanol–water partition coefficient (Wildman–Crippen LogP) is 6.07. The monoisotopic (exact) mass is 463 g/mol. The minimum absolute atomic E-state index is 0.182. The summed E-state index contributed by atoms with van der Waals surface area (Å²) in [6.07, 6.45) is 0. The fraction of sp³-hybridized carbons (Fsp3) is 0.130. The molecule has 1 N–H and O–H groups in total. The summed E-state index contributed by atoms with van der Waals surface area (Å²) in [6, 6.07) is 21.3. The van der Waals surface area contributed by atoms with Gasteiger partial charge in [-0.15, -0.1) is 0 Å². The van der Waals surface area contributed by atoms with Gasteiger partial charge in [0.2, 0.25) is 11.6 Å². The van der Waals surface area contributed by atoms with Gasteiger partial charge < -0.3 is 18.9 Å². The standard InChI is InChI=1S/C23H18BrN3O3/c1-15-2-4-16(5-3-15)13-26-22-20(12-25)27-23(30-22)21-11-10-19(29-21)14-28-18-8-6-17(24)7-9-18/h2-11,26H,13-14H2,1H3. The highest BCUT2D eigenvalue weighted by molar-refractivity contribution is 9.10. The number of benzene rings is 2. The molecule has 0 saturated carbocycles. The van der Waals surface area contributed by atoms with Crippen LogP contribution in [0.2, 0.25) is 0 Å².